The number of fused-ring (bicyclic) bond motifs is 1. The number of hydrogen-bond acceptors (Lipinski definition) is 5. The van der Waals surface area contributed by atoms with Gasteiger partial charge in [0.05, 0.1) is 17.2 Å². The van der Waals surface area contributed by atoms with E-state index in [9.17, 15) is 14.4 Å². The summed E-state index contributed by atoms with van der Waals surface area (Å²) in [6.07, 6.45) is 2.68. The fourth-order valence-electron chi connectivity index (χ4n) is 3.14. The van der Waals surface area contributed by atoms with E-state index in [1.165, 1.54) is 12.5 Å². The fraction of sp³-hybridized carbons (Fsp3) is 0.211. The van der Waals surface area contributed by atoms with E-state index in [0.29, 0.717) is 48.3 Å². The van der Waals surface area contributed by atoms with Crippen molar-refractivity contribution in [3.8, 4) is 0 Å². The second-order valence-corrected chi connectivity index (χ2v) is 6.04. The highest BCUT2D eigenvalue weighted by atomic mass is 16.4. The molecule has 0 radical (unpaired) electrons. The van der Waals surface area contributed by atoms with Crippen molar-refractivity contribution >= 4 is 22.6 Å². The van der Waals surface area contributed by atoms with Gasteiger partial charge in [0, 0.05) is 31.6 Å². The molecule has 132 valence electrons. The molecule has 0 atom stereocenters. The van der Waals surface area contributed by atoms with Gasteiger partial charge in [-0.25, -0.2) is 4.79 Å². The van der Waals surface area contributed by atoms with Crippen molar-refractivity contribution < 1.29 is 18.4 Å². The molecule has 0 spiro atoms. The van der Waals surface area contributed by atoms with Crippen LogP contribution >= 0.6 is 0 Å². The summed E-state index contributed by atoms with van der Waals surface area (Å²) < 4.78 is 10.1. The molecular weight excluding hydrogens is 336 g/mol. The average molecular weight is 352 g/mol. The zero-order valence-electron chi connectivity index (χ0n) is 13.9. The molecule has 3 heterocycles. The standard InChI is InChI=1S/C19H16N2O5/c22-17(15-12-26-19(24)14-5-2-1-4-13(14)15)20-7-9-21(10-8-20)18(23)16-6-3-11-25-16/h1-6,11-12H,7-10H2. The van der Waals surface area contributed by atoms with Crippen LogP contribution in [-0.4, -0.2) is 47.8 Å². The number of piperazine rings is 1. The number of hydrogen-bond donors (Lipinski definition) is 0. The van der Waals surface area contributed by atoms with Crippen molar-refractivity contribution in [3.63, 3.8) is 0 Å². The fourth-order valence-corrected chi connectivity index (χ4v) is 3.14. The molecule has 2 amide bonds. The minimum absolute atomic E-state index is 0.182. The predicted molar refractivity (Wildman–Crippen MR) is 93.0 cm³/mol. The van der Waals surface area contributed by atoms with E-state index < -0.39 is 5.63 Å². The summed E-state index contributed by atoms with van der Waals surface area (Å²) in [6.45, 7) is 1.64. The number of carbonyl (C=O) groups is 2. The van der Waals surface area contributed by atoms with E-state index in [-0.39, 0.29) is 11.8 Å². The highest BCUT2D eigenvalue weighted by molar-refractivity contribution is 6.06. The largest absolute Gasteiger partial charge is 0.459 e. The van der Waals surface area contributed by atoms with Crippen molar-refractivity contribution in [2.75, 3.05) is 26.2 Å². The molecule has 1 aliphatic heterocycles. The Morgan fingerprint density at radius 1 is 0.808 bits per heavy atom. The summed E-state index contributed by atoms with van der Waals surface area (Å²) in [6, 6.07) is 10.2. The van der Waals surface area contributed by atoms with Gasteiger partial charge in [0.15, 0.2) is 5.76 Å². The van der Waals surface area contributed by atoms with Crippen LogP contribution in [0.25, 0.3) is 10.8 Å². The molecule has 0 unspecified atom stereocenters. The minimum Gasteiger partial charge on any atom is -0.459 e. The summed E-state index contributed by atoms with van der Waals surface area (Å²) in [4.78, 5) is 40.3. The van der Waals surface area contributed by atoms with E-state index in [1.807, 2.05) is 0 Å². The third-order valence-electron chi connectivity index (χ3n) is 4.54. The van der Waals surface area contributed by atoms with Crippen molar-refractivity contribution in [2.24, 2.45) is 0 Å². The summed E-state index contributed by atoms with van der Waals surface area (Å²) in [7, 11) is 0. The Kier molecular flexibility index (Phi) is 4.04. The first-order chi connectivity index (χ1) is 12.6. The monoisotopic (exact) mass is 352 g/mol. The van der Waals surface area contributed by atoms with E-state index in [4.69, 9.17) is 8.83 Å². The molecule has 7 heteroatoms. The van der Waals surface area contributed by atoms with Crippen LogP contribution in [0.4, 0.5) is 0 Å². The van der Waals surface area contributed by atoms with Crippen LogP contribution in [0, 0.1) is 0 Å². The zero-order chi connectivity index (χ0) is 18.1. The lowest BCUT2D eigenvalue weighted by molar-refractivity contribution is 0.0518. The highest BCUT2D eigenvalue weighted by Crippen LogP contribution is 2.18. The Morgan fingerprint density at radius 2 is 1.46 bits per heavy atom. The van der Waals surface area contributed by atoms with Crippen LogP contribution in [0.1, 0.15) is 20.9 Å². The van der Waals surface area contributed by atoms with E-state index >= 15 is 0 Å². The maximum absolute atomic E-state index is 12.9. The smallest absolute Gasteiger partial charge is 0.343 e. The van der Waals surface area contributed by atoms with Crippen molar-refractivity contribution in [3.05, 3.63) is 70.7 Å². The van der Waals surface area contributed by atoms with Gasteiger partial charge in [-0.2, -0.15) is 0 Å². The number of nitrogens with zero attached hydrogens (tertiary/aromatic N) is 2. The Labute approximate surface area is 148 Å². The molecule has 1 aliphatic rings. The van der Waals surface area contributed by atoms with Gasteiger partial charge in [0.25, 0.3) is 11.8 Å². The van der Waals surface area contributed by atoms with Crippen LogP contribution in [0.5, 0.6) is 0 Å². The normalized spacial score (nSPS) is 14.6. The van der Waals surface area contributed by atoms with Gasteiger partial charge in [-0.05, 0) is 18.2 Å². The highest BCUT2D eigenvalue weighted by Gasteiger charge is 2.27. The Morgan fingerprint density at radius 3 is 2.12 bits per heavy atom. The lowest BCUT2D eigenvalue weighted by Crippen LogP contribution is -2.50. The summed E-state index contributed by atoms with van der Waals surface area (Å²) in [5, 5.41) is 0.952. The minimum atomic E-state index is -0.467. The first kappa shape index (κ1) is 16.1. The van der Waals surface area contributed by atoms with Gasteiger partial charge in [-0.15, -0.1) is 0 Å². The molecule has 26 heavy (non-hydrogen) atoms. The van der Waals surface area contributed by atoms with Gasteiger partial charge < -0.3 is 18.6 Å². The van der Waals surface area contributed by atoms with Crippen LogP contribution in [0.2, 0.25) is 0 Å². The van der Waals surface area contributed by atoms with Gasteiger partial charge in [0.2, 0.25) is 0 Å². The van der Waals surface area contributed by atoms with Crippen LogP contribution < -0.4 is 5.63 Å². The van der Waals surface area contributed by atoms with Crippen molar-refractivity contribution in [2.45, 2.75) is 0 Å². The molecule has 0 saturated carbocycles. The molecular formula is C19H16N2O5. The van der Waals surface area contributed by atoms with E-state index in [1.54, 1.807) is 46.2 Å². The van der Waals surface area contributed by atoms with Crippen LogP contribution in [0.15, 0.2) is 62.6 Å². The van der Waals surface area contributed by atoms with Crippen molar-refractivity contribution in [1.82, 2.24) is 9.80 Å². The molecule has 1 aromatic carbocycles. The molecule has 3 aromatic rings. The number of benzene rings is 1. The maximum atomic E-state index is 12.9. The lowest BCUT2D eigenvalue weighted by atomic mass is 10.1. The summed E-state index contributed by atoms with van der Waals surface area (Å²) >= 11 is 0. The van der Waals surface area contributed by atoms with Gasteiger partial charge in [0.1, 0.15) is 6.26 Å². The predicted octanol–water partition coefficient (Wildman–Crippen LogP) is 1.98. The molecule has 2 aromatic heterocycles. The molecule has 1 saturated heterocycles. The maximum Gasteiger partial charge on any atom is 0.343 e. The Bertz CT molecular complexity index is 1010. The summed E-state index contributed by atoms with van der Waals surface area (Å²) in [5.74, 6) is -0.103. The van der Waals surface area contributed by atoms with Crippen LogP contribution in [-0.2, 0) is 0 Å². The summed E-state index contributed by atoms with van der Waals surface area (Å²) in [5.41, 5.74) is -0.114. The number of rotatable bonds is 2. The molecule has 7 nitrogen and oxygen atoms in total. The van der Waals surface area contributed by atoms with Crippen molar-refractivity contribution in [1.29, 1.82) is 0 Å². The van der Waals surface area contributed by atoms with Gasteiger partial charge >= 0.3 is 5.63 Å². The third kappa shape index (κ3) is 2.77. The second kappa shape index (κ2) is 6.51. The third-order valence-corrected chi connectivity index (χ3v) is 4.54. The quantitative estimate of drug-likeness (QED) is 0.704. The topological polar surface area (TPSA) is 84.0 Å². The first-order valence-electron chi connectivity index (χ1n) is 8.28. The Balaban J connectivity index is 1.52. The number of furan rings is 1. The second-order valence-electron chi connectivity index (χ2n) is 6.04. The molecule has 1 fully saturated rings. The SMILES string of the molecule is O=C(c1ccco1)N1CCN(C(=O)c2coc(=O)c3ccccc23)CC1. The average Bonchev–Trinajstić information content (AvgIpc) is 3.22. The lowest BCUT2D eigenvalue weighted by Gasteiger charge is -2.34. The number of carbonyl (C=O) groups excluding carboxylic acids is 2. The molecule has 0 N–H and O–H groups in total. The van der Waals surface area contributed by atoms with E-state index in [0.717, 1.165) is 0 Å². The first-order valence-corrected chi connectivity index (χ1v) is 8.28. The van der Waals surface area contributed by atoms with E-state index in [2.05, 4.69) is 0 Å². The van der Waals surface area contributed by atoms with Gasteiger partial charge in [-0.1, -0.05) is 18.2 Å². The Hall–Kier alpha value is -3.35. The molecule has 4 rings (SSSR count). The van der Waals surface area contributed by atoms with Gasteiger partial charge in [-0.3, -0.25) is 9.59 Å². The van der Waals surface area contributed by atoms with Crippen LogP contribution in [0.3, 0.4) is 0 Å². The number of amides is 2. The molecule has 0 aliphatic carbocycles. The zero-order valence-corrected chi connectivity index (χ0v) is 13.9. The molecule has 0 bridgehead atoms.